The lowest BCUT2D eigenvalue weighted by molar-refractivity contribution is 0.580. The van der Waals surface area contributed by atoms with Gasteiger partial charge in [-0.1, -0.05) is 64.8 Å². The van der Waals surface area contributed by atoms with E-state index in [1.165, 1.54) is 32.1 Å². The molecule has 0 heterocycles. The predicted molar refractivity (Wildman–Crippen MR) is 74.9 cm³/mol. The molecule has 0 rings (SSSR count). The summed E-state index contributed by atoms with van der Waals surface area (Å²) >= 11 is 0. The Labute approximate surface area is 101 Å². The first kappa shape index (κ1) is 14.9. The molecule has 0 aliphatic heterocycles. The van der Waals surface area contributed by atoms with Crippen LogP contribution in [0.15, 0.2) is 42.6 Å². The van der Waals surface area contributed by atoms with Crippen molar-refractivity contribution in [3.05, 3.63) is 37.6 Å². The van der Waals surface area contributed by atoms with E-state index in [0.717, 1.165) is 5.71 Å². The molecule has 0 saturated heterocycles. The van der Waals surface area contributed by atoms with Crippen molar-refractivity contribution < 1.29 is 0 Å². The van der Waals surface area contributed by atoms with Gasteiger partial charge in [-0.3, -0.25) is 4.99 Å². The Bertz CT molecular complexity index is 248. The highest BCUT2D eigenvalue weighted by molar-refractivity contribution is 5.97. The van der Waals surface area contributed by atoms with Gasteiger partial charge in [0.25, 0.3) is 0 Å². The molecular formula is C15H25N. The number of aliphatic imine (C=N–C) groups is 1. The topological polar surface area (TPSA) is 12.4 Å². The third-order valence-corrected chi connectivity index (χ3v) is 2.64. The van der Waals surface area contributed by atoms with Gasteiger partial charge in [-0.2, -0.15) is 0 Å². The number of hydrogen-bond acceptors (Lipinski definition) is 1. The normalized spacial score (nSPS) is 14.0. The summed E-state index contributed by atoms with van der Waals surface area (Å²) in [5.41, 5.74) is 1.10. The second-order valence-electron chi connectivity index (χ2n) is 4.08. The third kappa shape index (κ3) is 7.22. The van der Waals surface area contributed by atoms with Crippen LogP contribution in [0, 0.1) is 5.92 Å². The van der Waals surface area contributed by atoms with Crippen LogP contribution in [-0.4, -0.2) is 5.71 Å². The van der Waals surface area contributed by atoms with Gasteiger partial charge in [0.05, 0.1) is 0 Å². The zero-order valence-corrected chi connectivity index (χ0v) is 10.8. The highest BCUT2D eigenvalue weighted by atomic mass is 14.7. The number of allylic oxidation sites excluding steroid dienone is 3. The van der Waals surface area contributed by atoms with Crippen LogP contribution in [0.5, 0.6) is 0 Å². The molecular weight excluding hydrogens is 194 g/mol. The van der Waals surface area contributed by atoms with E-state index in [4.69, 9.17) is 0 Å². The van der Waals surface area contributed by atoms with Gasteiger partial charge in [0, 0.05) is 11.9 Å². The lowest BCUT2D eigenvalue weighted by atomic mass is 9.97. The first-order valence-electron chi connectivity index (χ1n) is 6.24. The van der Waals surface area contributed by atoms with Crippen molar-refractivity contribution in [2.24, 2.45) is 10.9 Å². The van der Waals surface area contributed by atoms with Crippen molar-refractivity contribution in [2.45, 2.75) is 46.0 Å². The quantitative estimate of drug-likeness (QED) is 0.296. The monoisotopic (exact) mass is 219 g/mol. The Morgan fingerprint density at radius 2 is 2.00 bits per heavy atom. The molecule has 90 valence electrons. The van der Waals surface area contributed by atoms with Crippen LogP contribution < -0.4 is 0 Å². The van der Waals surface area contributed by atoms with E-state index in [1.807, 2.05) is 12.2 Å². The Morgan fingerprint density at radius 3 is 2.56 bits per heavy atom. The van der Waals surface area contributed by atoms with Crippen molar-refractivity contribution in [3.8, 4) is 0 Å². The average Bonchev–Trinajstić information content (AvgIpc) is 2.29. The second-order valence-corrected chi connectivity index (χ2v) is 4.08. The van der Waals surface area contributed by atoms with Crippen LogP contribution in [0.25, 0.3) is 0 Å². The molecule has 0 bridgehead atoms. The van der Waals surface area contributed by atoms with E-state index in [2.05, 4.69) is 32.0 Å². The van der Waals surface area contributed by atoms with Crippen LogP contribution in [0.1, 0.15) is 46.0 Å². The fraction of sp³-hybridized carbons (Fsp3) is 0.533. The highest BCUT2D eigenvalue weighted by Gasteiger charge is 2.06. The molecule has 0 aliphatic carbocycles. The fourth-order valence-corrected chi connectivity index (χ4v) is 1.63. The Morgan fingerprint density at radius 1 is 1.25 bits per heavy atom. The SMILES string of the molecule is C=C/C=C\C(=N/C=C)C(C)CCCCCC. The lowest BCUT2D eigenvalue weighted by Crippen LogP contribution is -2.08. The summed E-state index contributed by atoms with van der Waals surface area (Å²) in [6.45, 7) is 11.8. The van der Waals surface area contributed by atoms with E-state index in [1.54, 1.807) is 12.3 Å². The summed E-state index contributed by atoms with van der Waals surface area (Å²) in [5, 5.41) is 0. The van der Waals surface area contributed by atoms with Crippen molar-refractivity contribution in [1.29, 1.82) is 0 Å². The molecule has 0 aromatic heterocycles. The summed E-state index contributed by atoms with van der Waals surface area (Å²) < 4.78 is 0. The Hall–Kier alpha value is -1.11. The Balaban J connectivity index is 4.12. The second kappa shape index (κ2) is 10.4. The molecule has 0 radical (unpaired) electrons. The minimum atomic E-state index is 0.506. The van der Waals surface area contributed by atoms with E-state index in [9.17, 15) is 0 Å². The largest absolute Gasteiger partial charge is 0.262 e. The summed E-state index contributed by atoms with van der Waals surface area (Å²) in [6, 6.07) is 0. The zero-order valence-electron chi connectivity index (χ0n) is 10.8. The molecule has 1 atom stereocenters. The predicted octanol–water partition coefficient (Wildman–Crippen LogP) is 4.92. The standard InChI is InChI=1S/C15H25N/c1-5-8-10-11-12-14(4)15(16-7-3)13-9-6-2/h6-7,9,13-14H,2-3,5,8,10-12H2,1,4H3/b13-9-,16-15+. The summed E-state index contributed by atoms with van der Waals surface area (Å²) in [7, 11) is 0. The molecule has 0 aliphatic rings. The van der Waals surface area contributed by atoms with Crippen molar-refractivity contribution in [2.75, 3.05) is 0 Å². The summed E-state index contributed by atoms with van der Waals surface area (Å²) in [5.74, 6) is 0.506. The van der Waals surface area contributed by atoms with E-state index < -0.39 is 0 Å². The molecule has 0 fully saturated rings. The maximum atomic E-state index is 4.31. The molecule has 0 aromatic rings. The molecule has 0 aromatic carbocycles. The van der Waals surface area contributed by atoms with Crippen LogP contribution in [0.2, 0.25) is 0 Å². The molecule has 0 saturated carbocycles. The third-order valence-electron chi connectivity index (χ3n) is 2.64. The van der Waals surface area contributed by atoms with Crippen LogP contribution in [-0.2, 0) is 0 Å². The van der Waals surface area contributed by atoms with Gasteiger partial charge in [-0.05, 0) is 18.4 Å². The molecule has 1 nitrogen and oxygen atoms in total. The number of rotatable bonds is 9. The first-order valence-corrected chi connectivity index (χ1v) is 6.24. The maximum absolute atomic E-state index is 4.31. The minimum absolute atomic E-state index is 0.506. The number of hydrogen-bond donors (Lipinski definition) is 0. The van der Waals surface area contributed by atoms with Crippen molar-refractivity contribution in [3.63, 3.8) is 0 Å². The lowest BCUT2D eigenvalue weighted by Gasteiger charge is -2.10. The molecule has 0 amide bonds. The molecule has 1 unspecified atom stereocenters. The molecule has 1 heteroatoms. The highest BCUT2D eigenvalue weighted by Crippen LogP contribution is 2.13. The fourth-order valence-electron chi connectivity index (χ4n) is 1.63. The van der Waals surface area contributed by atoms with Crippen LogP contribution in [0.3, 0.4) is 0 Å². The summed E-state index contributed by atoms with van der Waals surface area (Å²) in [6.07, 6.45) is 13.8. The molecule has 16 heavy (non-hydrogen) atoms. The first-order chi connectivity index (χ1) is 7.76. The van der Waals surface area contributed by atoms with Gasteiger partial charge in [-0.25, -0.2) is 0 Å². The van der Waals surface area contributed by atoms with Gasteiger partial charge in [0.15, 0.2) is 0 Å². The Kier molecular flexibility index (Phi) is 9.69. The van der Waals surface area contributed by atoms with Gasteiger partial charge < -0.3 is 0 Å². The minimum Gasteiger partial charge on any atom is -0.262 e. The number of unbranched alkanes of at least 4 members (excludes halogenated alkanes) is 3. The van der Waals surface area contributed by atoms with Crippen LogP contribution in [0.4, 0.5) is 0 Å². The average molecular weight is 219 g/mol. The molecule has 0 N–H and O–H groups in total. The van der Waals surface area contributed by atoms with Gasteiger partial charge in [0.1, 0.15) is 0 Å². The van der Waals surface area contributed by atoms with Crippen molar-refractivity contribution >= 4 is 5.71 Å². The van der Waals surface area contributed by atoms with Gasteiger partial charge in [0.2, 0.25) is 0 Å². The zero-order chi connectivity index (χ0) is 12.2. The van der Waals surface area contributed by atoms with Gasteiger partial charge >= 0.3 is 0 Å². The van der Waals surface area contributed by atoms with Crippen LogP contribution >= 0.6 is 0 Å². The maximum Gasteiger partial charge on any atom is 0.0431 e. The number of nitrogens with zero attached hydrogens (tertiary/aromatic N) is 1. The van der Waals surface area contributed by atoms with Gasteiger partial charge in [-0.15, -0.1) is 0 Å². The summed E-state index contributed by atoms with van der Waals surface area (Å²) in [4.78, 5) is 4.31. The van der Waals surface area contributed by atoms with E-state index >= 15 is 0 Å². The van der Waals surface area contributed by atoms with E-state index in [-0.39, 0.29) is 0 Å². The van der Waals surface area contributed by atoms with Crippen molar-refractivity contribution in [1.82, 2.24) is 0 Å². The van der Waals surface area contributed by atoms with E-state index in [0.29, 0.717) is 5.92 Å². The molecule has 0 spiro atoms. The smallest absolute Gasteiger partial charge is 0.0431 e.